The number of hydrogen-bond donors (Lipinski definition) is 2. The Morgan fingerprint density at radius 3 is 3.00 bits per heavy atom. The van der Waals surface area contributed by atoms with Gasteiger partial charge in [0, 0.05) is 18.2 Å². The van der Waals surface area contributed by atoms with Crippen LogP contribution in [0.15, 0.2) is 24.3 Å². The predicted octanol–water partition coefficient (Wildman–Crippen LogP) is 0.300. The molecule has 0 radical (unpaired) electrons. The Morgan fingerprint density at radius 1 is 1.46 bits per heavy atom. The van der Waals surface area contributed by atoms with Crippen LogP contribution in [-0.2, 0) is 6.42 Å². The second kappa shape index (κ2) is 3.18. The molecule has 0 spiro atoms. The molecule has 3 heteroatoms. The van der Waals surface area contributed by atoms with E-state index in [2.05, 4.69) is 5.32 Å². The molecule has 0 unspecified atom stereocenters. The van der Waals surface area contributed by atoms with Crippen LogP contribution in [0.5, 0.6) is 0 Å². The topological polar surface area (TPSA) is 55.1 Å². The number of carbonyl (C=O) groups excluding carboxylic acids is 1. The highest BCUT2D eigenvalue weighted by Crippen LogP contribution is 2.15. The van der Waals surface area contributed by atoms with Crippen LogP contribution in [0.2, 0.25) is 0 Å². The number of fused-ring (bicyclic) bond motifs is 1. The van der Waals surface area contributed by atoms with E-state index in [0.29, 0.717) is 6.54 Å². The fraction of sp³-hybridized carbons (Fsp3) is 0.300. The van der Waals surface area contributed by atoms with Crippen molar-refractivity contribution in [1.82, 2.24) is 5.32 Å². The number of amides is 1. The summed E-state index contributed by atoms with van der Waals surface area (Å²) >= 11 is 0. The summed E-state index contributed by atoms with van der Waals surface area (Å²) in [5, 5.41) is 2.86. The molecule has 1 aliphatic heterocycles. The van der Waals surface area contributed by atoms with E-state index in [1.807, 2.05) is 24.3 Å². The third-order valence-electron chi connectivity index (χ3n) is 2.35. The molecule has 0 aliphatic carbocycles. The summed E-state index contributed by atoms with van der Waals surface area (Å²) in [6, 6.07) is 7.75. The summed E-state index contributed by atoms with van der Waals surface area (Å²) in [7, 11) is 0. The minimum absolute atomic E-state index is 0.00250. The first-order valence-electron chi connectivity index (χ1n) is 4.40. The Morgan fingerprint density at radius 2 is 2.23 bits per heavy atom. The zero-order valence-corrected chi connectivity index (χ0v) is 7.29. The lowest BCUT2D eigenvalue weighted by atomic mass is 9.95. The summed E-state index contributed by atoms with van der Waals surface area (Å²) < 4.78 is 0. The highest BCUT2D eigenvalue weighted by molar-refractivity contribution is 5.96. The van der Waals surface area contributed by atoms with Crippen LogP contribution in [0.25, 0.3) is 0 Å². The molecule has 13 heavy (non-hydrogen) atoms. The predicted molar refractivity (Wildman–Crippen MR) is 50.5 cm³/mol. The van der Waals surface area contributed by atoms with Crippen LogP contribution in [-0.4, -0.2) is 18.5 Å². The minimum atomic E-state index is -0.00250. The van der Waals surface area contributed by atoms with Crippen LogP contribution >= 0.6 is 0 Å². The van der Waals surface area contributed by atoms with Gasteiger partial charge >= 0.3 is 0 Å². The van der Waals surface area contributed by atoms with Gasteiger partial charge in [-0.25, -0.2) is 0 Å². The SMILES string of the molecule is NC[C@H]1Cc2ccccc2C(=O)N1. The van der Waals surface area contributed by atoms with Crippen molar-refractivity contribution in [3.63, 3.8) is 0 Å². The van der Waals surface area contributed by atoms with E-state index < -0.39 is 0 Å². The van der Waals surface area contributed by atoms with Crippen molar-refractivity contribution in [2.24, 2.45) is 5.73 Å². The van der Waals surface area contributed by atoms with Crippen molar-refractivity contribution < 1.29 is 4.79 Å². The maximum atomic E-state index is 11.5. The van der Waals surface area contributed by atoms with Crippen molar-refractivity contribution in [3.05, 3.63) is 35.4 Å². The number of carbonyl (C=O) groups is 1. The van der Waals surface area contributed by atoms with Crippen molar-refractivity contribution in [3.8, 4) is 0 Å². The van der Waals surface area contributed by atoms with E-state index in [4.69, 9.17) is 5.73 Å². The number of rotatable bonds is 1. The molecule has 0 fully saturated rings. The van der Waals surface area contributed by atoms with E-state index in [-0.39, 0.29) is 11.9 Å². The van der Waals surface area contributed by atoms with E-state index in [1.165, 1.54) is 0 Å². The lowest BCUT2D eigenvalue weighted by molar-refractivity contribution is 0.0927. The zero-order chi connectivity index (χ0) is 9.26. The molecule has 0 aromatic heterocycles. The number of hydrogen-bond acceptors (Lipinski definition) is 2. The molecule has 0 bridgehead atoms. The van der Waals surface area contributed by atoms with Gasteiger partial charge in [-0.2, -0.15) is 0 Å². The molecule has 1 aromatic carbocycles. The van der Waals surface area contributed by atoms with E-state index in [9.17, 15) is 4.79 Å². The Labute approximate surface area is 76.9 Å². The molecule has 1 atom stereocenters. The number of nitrogens with one attached hydrogen (secondary N) is 1. The summed E-state index contributed by atoms with van der Waals surface area (Å²) in [4.78, 5) is 11.5. The average molecular weight is 176 g/mol. The molecule has 68 valence electrons. The molecule has 2 rings (SSSR count). The van der Waals surface area contributed by atoms with Crippen molar-refractivity contribution in [2.45, 2.75) is 12.5 Å². The van der Waals surface area contributed by atoms with Gasteiger partial charge in [-0.1, -0.05) is 18.2 Å². The molecular weight excluding hydrogens is 164 g/mol. The second-order valence-electron chi connectivity index (χ2n) is 3.27. The van der Waals surface area contributed by atoms with Gasteiger partial charge in [-0.05, 0) is 18.1 Å². The normalized spacial score (nSPS) is 20.7. The first-order chi connectivity index (χ1) is 6.31. The quantitative estimate of drug-likeness (QED) is 0.646. The highest BCUT2D eigenvalue weighted by Gasteiger charge is 2.21. The Bertz CT molecular complexity index is 335. The molecule has 1 aliphatic rings. The van der Waals surface area contributed by atoms with E-state index in [0.717, 1.165) is 17.5 Å². The van der Waals surface area contributed by atoms with E-state index >= 15 is 0 Å². The van der Waals surface area contributed by atoms with Gasteiger partial charge in [0.15, 0.2) is 0 Å². The molecule has 3 N–H and O–H groups in total. The van der Waals surface area contributed by atoms with Crippen molar-refractivity contribution in [1.29, 1.82) is 0 Å². The lowest BCUT2D eigenvalue weighted by Gasteiger charge is -2.24. The zero-order valence-electron chi connectivity index (χ0n) is 7.29. The van der Waals surface area contributed by atoms with Gasteiger partial charge in [-0.15, -0.1) is 0 Å². The molecule has 0 saturated carbocycles. The summed E-state index contributed by atoms with van der Waals surface area (Å²) in [5.74, 6) is -0.00250. The second-order valence-corrected chi connectivity index (χ2v) is 3.27. The van der Waals surface area contributed by atoms with Crippen LogP contribution in [0.3, 0.4) is 0 Å². The Hall–Kier alpha value is -1.35. The molecule has 1 heterocycles. The number of nitrogens with two attached hydrogens (primary N) is 1. The largest absolute Gasteiger partial charge is 0.348 e. The smallest absolute Gasteiger partial charge is 0.251 e. The fourth-order valence-corrected chi connectivity index (χ4v) is 1.64. The third-order valence-corrected chi connectivity index (χ3v) is 2.35. The van der Waals surface area contributed by atoms with Crippen LogP contribution in [0.1, 0.15) is 15.9 Å². The summed E-state index contributed by atoms with van der Waals surface area (Å²) in [6.07, 6.45) is 0.846. The van der Waals surface area contributed by atoms with Crippen molar-refractivity contribution >= 4 is 5.91 Å². The van der Waals surface area contributed by atoms with Gasteiger partial charge in [0.1, 0.15) is 0 Å². The first-order valence-corrected chi connectivity index (χ1v) is 4.40. The van der Waals surface area contributed by atoms with Gasteiger partial charge in [-0.3, -0.25) is 4.79 Å². The number of benzene rings is 1. The van der Waals surface area contributed by atoms with E-state index in [1.54, 1.807) is 0 Å². The molecule has 3 nitrogen and oxygen atoms in total. The van der Waals surface area contributed by atoms with Gasteiger partial charge < -0.3 is 11.1 Å². The van der Waals surface area contributed by atoms with Crippen LogP contribution < -0.4 is 11.1 Å². The van der Waals surface area contributed by atoms with Gasteiger partial charge in [0.05, 0.1) is 0 Å². The third kappa shape index (κ3) is 1.42. The average Bonchev–Trinajstić information content (AvgIpc) is 2.18. The first kappa shape index (κ1) is 8.26. The minimum Gasteiger partial charge on any atom is -0.348 e. The van der Waals surface area contributed by atoms with Crippen LogP contribution in [0, 0.1) is 0 Å². The van der Waals surface area contributed by atoms with Gasteiger partial charge in [0.25, 0.3) is 5.91 Å². The summed E-state index contributed by atoms with van der Waals surface area (Å²) in [5.41, 5.74) is 7.39. The fourth-order valence-electron chi connectivity index (χ4n) is 1.64. The molecular formula is C10H12N2O. The molecule has 1 aromatic rings. The highest BCUT2D eigenvalue weighted by atomic mass is 16.1. The Kier molecular flexibility index (Phi) is 2.02. The maximum absolute atomic E-state index is 11.5. The Balaban J connectivity index is 2.37. The molecule has 0 saturated heterocycles. The molecule has 1 amide bonds. The monoisotopic (exact) mass is 176 g/mol. The van der Waals surface area contributed by atoms with Gasteiger partial charge in [0.2, 0.25) is 0 Å². The summed E-state index contributed by atoms with van der Waals surface area (Å²) in [6.45, 7) is 0.500. The standard InChI is InChI=1S/C10H12N2O/c11-6-8-5-7-3-1-2-4-9(7)10(13)12-8/h1-4,8H,5-6,11H2,(H,12,13)/t8-/m1/s1. The van der Waals surface area contributed by atoms with Crippen molar-refractivity contribution in [2.75, 3.05) is 6.54 Å². The van der Waals surface area contributed by atoms with Crippen LogP contribution in [0.4, 0.5) is 0 Å². The maximum Gasteiger partial charge on any atom is 0.251 e. The lowest BCUT2D eigenvalue weighted by Crippen LogP contribution is -2.45.